The Labute approximate surface area is 121 Å². The van der Waals surface area contributed by atoms with E-state index < -0.39 is 15.0 Å². The monoisotopic (exact) mass is 321 g/mol. The molecule has 9 heteroatoms. The molecule has 2 N–H and O–H groups in total. The lowest BCUT2D eigenvalue weighted by Gasteiger charge is -2.21. The lowest BCUT2D eigenvalue weighted by atomic mass is 10.0. The number of H-pyrrole nitrogens is 1. The van der Waals surface area contributed by atoms with Crippen LogP contribution < -0.4 is 5.32 Å². The van der Waals surface area contributed by atoms with E-state index in [4.69, 9.17) is 15.4 Å². The summed E-state index contributed by atoms with van der Waals surface area (Å²) in [5.74, 6) is -0.205. The van der Waals surface area contributed by atoms with Crippen molar-refractivity contribution >= 4 is 25.6 Å². The van der Waals surface area contributed by atoms with E-state index in [-0.39, 0.29) is 16.3 Å². The molecule has 0 atom stereocenters. The van der Waals surface area contributed by atoms with E-state index in [0.717, 1.165) is 12.8 Å². The van der Waals surface area contributed by atoms with Crippen LogP contribution >= 0.6 is 10.7 Å². The Kier molecular flexibility index (Phi) is 4.66. The fourth-order valence-electron chi connectivity index (χ4n) is 2.14. The molecule has 0 aliphatic carbocycles. The van der Waals surface area contributed by atoms with Gasteiger partial charge in [0.1, 0.15) is 4.90 Å². The van der Waals surface area contributed by atoms with Crippen LogP contribution in [0.2, 0.25) is 0 Å². The van der Waals surface area contributed by atoms with Crippen molar-refractivity contribution in [2.75, 3.05) is 19.8 Å². The van der Waals surface area contributed by atoms with Crippen LogP contribution in [-0.2, 0) is 13.8 Å². The lowest BCUT2D eigenvalue weighted by Crippen LogP contribution is -2.32. The van der Waals surface area contributed by atoms with Crippen molar-refractivity contribution in [1.82, 2.24) is 15.5 Å². The Morgan fingerprint density at radius 1 is 1.50 bits per heavy atom. The highest BCUT2D eigenvalue weighted by molar-refractivity contribution is 8.13. The Morgan fingerprint density at radius 3 is 2.75 bits per heavy atom. The maximum absolute atomic E-state index is 12.0. The van der Waals surface area contributed by atoms with Crippen LogP contribution in [0.5, 0.6) is 0 Å². The van der Waals surface area contributed by atoms with Crippen molar-refractivity contribution < 1.29 is 17.9 Å². The molecule has 1 aliphatic rings. The van der Waals surface area contributed by atoms with Gasteiger partial charge in [0.15, 0.2) is 5.69 Å². The standard InChI is InChI=1S/C11H16ClN3O4S/c1-7-10(20(12,17)18)9(15-14-7)11(16)13-6-8-2-4-19-5-3-8/h8H,2-6H2,1H3,(H,13,16)(H,14,15). The predicted molar refractivity (Wildman–Crippen MR) is 72.2 cm³/mol. The highest BCUT2D eigenvalue weighted by atomic mass is 35.7. The number of aryl methyl sites for hydroxylation is 1. The van der Waals surface area contributed by atoms with Crippen molar-refractivity contribution in [3.05, 3.63) is 11.4 Å². The Balaban J connectivity index is 2.06. The molecule has 0 unspecified atom stereocenters. The molecule has 1 amide bonds. The summed E-state index contributed by atoms with van der Waals surface area (Å²) in [6.45, 7) is 3.33. The van der Waals surface area contributed by atoms with E-state index >= 15 is 0 Å². The van der Waals surface area contributed by atoms with Crippen LogP contribution in [-0.4, -0.2) is 44.3 Å². The van der Waals surface area contributed by atoms with E-state index in [1.165, 1.54) is 6.92 Å². The van der Waals surface area contributed by atoms with Gasteiger partial charge < -0.3 is 10.1 Å². The Hall–Kier alpha value is -1.12. The normalized spacial score (nSPS) is 17.1. The maximum atomic E-state index is 12.0. The number of hydrogen-bond donors (Lipinski definition) is 2. The molecule has 20 heavy (non-hydrogen) atoms. The third kappa shape index (κ3) is 3.50. The minimum atomic E-state index is -4.01. The van der Waals surface area contributed by atoms with Gasteiger partial charge in [0.05, 0.1) is 5.69 Å². The SMILES string of the molecule is Cc1[nH]nc(C(=O)NCC2CCOCC2)c1S(=O)(=O)Cl. The molecule has 1 fully saturated rings. The second-order valence-electron chi connectivity index (χ2n) is 4.73. The first-order valence-corrected chi connectivity index (χ1v) is 8.56. The zero-order valence-corrected chi connectivity index (χ0v) is 12.6. The average Bonchev–Trinajstić information content (AvgIpc) is 2.79. The van der Waals surface area contributed by atoms with Crippen LogP contribution in [0.1, 0.15) is 29.0 Å². The topological polar surface area (TPSA) is 101 Å². The first-order valence-electron chi connectivity index (χ1n) is 6.25. The summed E-state index contributed by atoms with van der Waals surface area (Å²) >= 11 is 0. The fourth-order valence-corrected chi connectivity index (χ4v) is 3.49. The number of halogens is 1. The fraction of sp³-hybridized carbons (Fsp3) is 0.636. The summed E-state index contributed by atoms with van der Waals surface area (Å²) < 4.78 is 28.1. The number of ether oxygens (including phenoxy) is 1. The van der Waals surface area contributed by atoms with Gasteiger partial charge in [-0.05, 0) is 25.7 Å². The van der Waals surface area contributed by atoms with Crippen LogP contribution in [0, 0.1) is 12.8 Å². The quantitative estimate of drug-likeness (QED) is 0.799. The van der Waals surface area contributed by atoms with Crippen molar-refractivity contribution in [3.63, 3.8) is 0 Å². The van der Waals surface area contributed by atoms with Gasteiger partial charge in [0.2, 0.25) is 0 Å². The molecule has 0 aromatic carbocycles. The molecule has 7 nitrogen and oxygen atoms in total. The molecule has 0 bridgehead atoms. The molecule has 2 heterocycles. The number of carbonyl (C=O) groups excluding carboxylic acids is 1. The first-order chi connectivity index (χ1) is 9.39. The Morgan fingerprint density at radius 2 is 2.15 bits per heavy atom. The van der Waals surface area contributed by atoms with Crippen LogP contribution in [0.3, 0.4) is 0 Å². The molecule has 1 aromatic heterocycles. The summed E-state index contributed by atoms with van der Waals surface area (Å²) in [6, 6.07) is 0. The van der Waals surface area contributed by atoms with Gasteiger partial charge >= 0.3 is 0 Å². The number of rotatable bonds is 4. The minimum Gasteiger partial charge on any atom is -0.381 e. The average molecular weight is 322 g/mol. The van der Waals surface area contributed by atoms with Crippen molar-refractivity contribution in [3.8, 4) is 0 Å². The number of aromatic amines is 1. The number of amides is 1. The van der Waals surface area contributed by atoms with Gasteiger partial charge in [-0.3, -0.25) is 9.89 Å². The molecule has 0 spiro atoms. The number of nitrogens with zero attached hydrogens (tertiary/aromatic N) is 1. The summed E-state index contributed by atoms with van der Waals surface area (Å²) in [6.07, 6.45) is 1.75. The van der Waals surface area contributed by atoms with E-state index in [2.05, 4.69) is 15.5 Å². The third-order valence-electron chi connectivity index (χ3n) is 3.24. The highest BCUT2D eigenvalue weighted by Crippen LogP contribution is 2.22. The lowest BCUT2D eigenvalue weighted by molar-refractivity contribution is 0.0641. The summed E-state index contributed by atoms with van der Waals surface area (Å²) in [4.78, 5) is 11.8. The predicted octanol–water partition coefficient (Wildman–Crippen LogP) is 0.802. The number of carbonyl (C=O) groups is 1. The van der Waals surface area contributed by atoms with Crippen LogP contribution in [0.15, 0.2) is 4.90 Å². The van der Waals surface area contributed by atoms with E-state index in [1.807, 2.05) is 0 Å². The van der Waals surface area contributed by atoms with Gasteiger partial charge in [0, 0.05) is 30.4 Å². The summed E-state index contributed by atoms with van der Waals surface area (Å²) in [7, 11) is 1.31. The molecule has 112 valence electrons. The van der Waals surface area contributed by atoms with Crippen molar-refractivity contribution in [2.24, 2.45) is 5.92 Å². The molecule has 0 radical (unpaired) electrons. The zero-order valence-electron chi connectivity index (χ0n) is 11.0. The molecule has 1 saturated heterocycles. The molecular weight excluding hydrogens is 306 g/mol. The number of nitrogens with one attached hydrogen (secondary N) is 2. The second kappa shape index (κ2) is 6.11. The highest BCUT2D eigenvalue weighted by Gasteiger charge is 2.27. The van der Waals surface area contributed by atoms with Gasteiger partial charge in [-0.1, -0.05) is 0 Å². The minimum absolute atomic E-state index is 0.190. The van der Waals surface area contributed by atoms with Gasteiger partial charge in [-0.25, -0.2) is 8.42 Å². The van der Waals surface area contributed by atoms with Crippen molar-refractivity contribution in [1.29, 1.82) is 0 Å². The smallest absolute Gasteiger partial charge is 0.273 e. The number of aromatic nitrogens is 2. The summed E-state index contributed by atoms with van der Waals surface area (Å²) in [5.41, 5.74) is 0.0563. The second-order valence-corrected chi connectivity index (χ2v) is 7.23. The van der Waals surface area contributed by atoms with Crippen molar-refractivity contribution in [2.45, 2.75) is 24.7 Å². The Bertz CT molecular complexity index is 593. The van der Waals surface area contributed by atoms with Crippen LogP contribution in [0.4, 0.5) is 0 Å². The van der Waals surface area contributed by atoms with Crippen LogP contribution in [0.25, 0.3) is 0 Å². The van der Waals surface area contributed by atoms with E-state index in [1.54, 1.807) is 0 Å². The molecule has 1 aliphatic heterocycles. The van der Waals surface area contributed by atoms with E-state index in [0.29, 0.717) is 25.7 Å². The van der Waals surface area contributed by atoms with E-state index in [9.17, 15) is 13.2 Å². The maximum Gasteiger partial charge on any atom is 0.273 e. The zero-order chi connectivity index (χ0) is 14.8. The van der Waals surface area contributed by atoms with Gasteiger partial charge in [-0.15, -0.1) is 0 Å². The third-order valence-corrected chi connectivity index (χ3v) is 4.69. The van der Waals surface area contributed by atoms with Gasteiger partial charge in [-0.2, -0.15) is 5.10 Å². The summed E-state index contributed by atoms with van der Waals surface area (Å²) in [5, 5.41) is 8.88. The molecule has 2 rings (SSSR count). The number of hydrogen-bond acceptors (Lipinski definition) is 5. The molecular formula is C11H16ClN3O4S. The largest absolute Gasteiger partial charge is 0.381 e. The van der Waals surface area contributed by atoms with Gasteiger partial charge in [0.25, 0.3) is 15.0 Å². The molecule has 0 saturated carbocycles. The molecule has 1 aromatic rings. The first kappa shape index (κ1) is 15.3.